The zero-order chi connectivity index (χ0) is 29.9. The number of aryl methyl sites for hydroxylation is 1. The van der Waals surface area contributed by atoms with Gasteiger partial charge in [-0.15, -0.1) is 0 Å². The van der Waals surface area contributed by atoms with Crippen LogP contribution in [0, 0.1) is 6.92 Å². The molecule has 0 heterocycles. The van der Waals surface area contributed by atoms with E-state index in [0.29, 0.717) is 5.75 Å². The average molecular weight is 562 g/mol. The van der Waals surface area contributed by atoms with Crippen molar-refractivity contribution in [2.24, 2.45) is 0 Å². The lowest BCUT2D eigenvalue weighted by Crippen LogP contribution is -2.32. The van der Waals surface area contributed by atoms with Crippen LogP contribution in [-0.2, 0) is 14.3 Å². The van der Waals surface area contributed by atoms with E-state index in [4.69, 9.17) is 9.47 Å². The van der Waals surface area contributed by atoms with Gasteiger partial charge in [-0.05, 0) is 57.4 Å². The van der Waals surface area contributed by atoms with Gasteiger partial charge < -0.3 is 14.8 Å². The second-order valence-electron chi connectivity index (χ2n) is 9.47. The third-order valence-corrected chi connectivity index (χ3v) is 4.75. The molecule has 216 valence electrons. The smallest absolute Gasteiger partial charge is 0.393 e. The van der Waals surface area contributed by atoms with Gasteiger partial charge in [0.25, 0.3) is 5.91 Å². The van der Waals surface area contributed by atoms with Crippen LogP contribution in [0.2, 0.25) is 0 Å². The lowest BCUT2D eigenvalue weighted by Gasteiger charge is -2.22. The normalized spacial score (nSPS) is 12.5. The average Bonchev–Trinajstić information content (AvgIpc) is 2.80. The Labute approximate surface area is 224 Å². The summed E-state index contributed by atoms with van der Waals surface area (Å²) in [4.78, 5) is 24.6. The third-order valence-electron chi connectivity index (χ3n) is 4.75. The number of likely N-dealkylation sites (N-methyl/N-ethyl adjacent to an activating group) is 1. The number of nitrogens with one attached hydrogen (secondary N) is 1. The van der Waals surface area contributed by atoms with Crippen LogP contribution < -0.4 is 10.1 Å². The second-order valence-corrected chi connectivity index (χ2v) is 9.47. The summed E-state index contributed by atoms with van der Waals surface area (Å²) in [5, 5.41) is 2.21. The van der Waals surface area contributed by atoms with Gasteiger partial charge in [-0.1, -0.05) is 48.0 Å². The predicted octanol–water partition coefficient (Wildman–Crippen LogP) is 7.20. The highest BCUT2D eigenvalue weighted by Gasteiger charge is 2.35. The number of alkyl halides is 6. The maximum Gasteiger partial charge on any atom is 0.393 e. The van der Waals surface area contributed by atoms with E-state index in [2.05, 4.69) is 5.32 Å². The Balaban J connectivity index is 0.000000457. The molecule has 2 aromatic rings. The number of carbonyl (C=O) groups excluding carboxylic acids is 2. The Morgan fingerprint density at radius 1 is 0.846 bits per heavy atom. The number of rotatable bonds is 8. The molecule has 0 aromatic heterocycles. The highest BCUT2D eigenvalue weighted by molar-refractivity contribution is 6.22. The number of benzene rings is 2. The van der Waals surface area contributed by atoms with Crippen molar-refractivity contribution in [2.45, 2.75) is 64.9 Å². The molecule has 0 aliphatic rings. The molecule has 39 heavy (non-hydrogen) atoms. The molecule has 5 nitrogen and oxygen atoms in total. The van der Waals surface area contributed by atoms with Crippen LogP contribution in [0.15, 0.2) is 60.2 Å². The Kier molecular flexibility index (Phi) is 12.5. The van der Waals surface area contributed by atoms with E-state index in [9.17, 15) is 35.9 Å². The van der Waals surface area contributed by atoms with E-state index in [0.717, 1.165) is 5.56 Å². The van der Waals surface area contributed by atoms with Crippen LogP contribution in [0.5, 0.6) is 5.75 Å². The first-order valence-corrected chi connectivity index (χ1v) is 12.0. The van der Waals surface area contributed by atoms with Crippen molar-refractivity contribution < 1.29 is 45.4 Å². The van der Waals surface area contributed by atoms with Crippen molar-refractivity contribution in [3.63, 3.8) is 0 Å². The van der Waals surface area contributed by atoms with Gasteiger partial charge in [-0.2, -0.15) is 26.3 Å². The minimum atomic E-state index is -4.60. The Hall–Kier alpha value is -3.50. The molecule has 0 unspecified atom stereocenters. The molecule has 1 amide bonds. The molecule has 2 aromatic carbocycles. The number of amides is 1. The number of hydrogen-bond donors (Lipinski definition) is 1. The van der Waals surface area contributed by atoms with Gasteiger partial charge in [-0.25, -0.2) is 4.79 Å². The Morgan fingerprint density at radius 3 is 1.87 bits per heavy atom. The summed E-state index contributed by atoms with van der Waals surface area (Å²) in [6.45, 7) is 6.60. The molecule has 0 atom stereocenters. The van der Waals surface area contributed by atoms with Crippen LogP contribution in [-0.4, -0.2) is 43.5 Å². The predicted molar refractivity (Wildman–Crippen MR) is 136 cm³/mol. The Bertz CT molecular complexity index is 1090. The highest BCUT2D eigenvalue weighted by atomic mass is 19.4. The number of carbonyl (C=O) groups is 2. The van der Waals surface area contributed by atoms with Gasteiger partial charge in [0.1, 0.15) is 16.9 Å². The number of esters is 1. The van der Waals surface area contributed by atoms with E-state index in [1.165, 1.54) is 19.2 Å². The van der Waals surface area contributed by atoms with Gasteiger partial charge in [0, 0.05) is 13.5 Å². The largest absolute Gasteiger partial charge is 0.494 e. The molecule has 0 radical (unpaired) electrons. The standard InChI is InChI=1S/C18H22F3NO3.C10H11F3O/c1-11-6-8-12(9-7-11)13(10-18(19,20)21)14(15(23)22-5)16(24)25-17(2,3)4;11-10(12,13)7-4-8-14-9-5-2-1-3-6-9/h6-9H,10H2,1-5H3,(H,22,23);1-3,5-6H,4,7-8H2/b14-13-;. The zero-order valence-corrected chi connectivity index (χ0v) is 22.4. The van der Waals surface area contributed by atoms with Crippen LogP contribution in [0.4, 0.5) is 26.3 Å². The summed E-state index contributed by atoms with van der Waals surface area (Å²) in [6.07, 6.45) is -10.9. The molecular weight excluding hydrogens is 528 g/mol. The van der Waals surface area contributed by atoms with Gasteiger partial charge in [0.15, 0.2) is 0 Å². The van der Waals surface area contributed by atoms with Crippen molar-refractivity contribution in [1.29, 1.82) is 0 Å². The molecule has 2 rings (SSSR count). The molecule has 0 aliphatic carbocycles. The number of allylic oxidation sites excluding steroid dienone is 1. The topological polar surface area (TPSA) is 64.6 Å². The molecule has 0 saturated carbocycles. The lowest BCUT2D eigenvalue weighted by molar-refractivity contribution is -0.151. The molecule has 0 spiro atoms. The van der Waals surface area contributed by atoms with Crippen molar-refractivity contribution in [3.8, 4) is 5.75 Å². The van der Waals surface area contributed by atoms with Crippen LogP contribution in [0.25, 0.3) is 5.57 Å². The number of ether oxygens (including phenoxy) is 2. The van der Waals surface area contributed by atoms with Crippen molar-refractivity contribution in [3.05, 3.63) is 71.3 Å². The summed E-state index contributed by atoms with van der Waals surface area (Å²) >= 11 is 0. The van der Waals surface area contributed by atoms with Gasteiger partial charge in [-0.3, -0.25) is 4.79 Å². The summed E-state index contributed by atoms with van der Waals surface area (Å²) in [7, 11) is 1.24. The summed E-state index contributed by atoms with van der Waals surface area (Å²) < 4.78 is 84.7. The zero-order valence-electron chi connectivity index (χ0n) is 22.4. The summed E-state index contributed by atoms with van der Waals surface area (Å²) in [6, 6.07) is 14.9. The molecule has 0 fully saturated rings. The fraction of sp³-hybridized carbons (Fsp3) is 0.429. The van der Waals surface area contributed by atoms with Crippen LogP contribution >= 0.6 is 0 Å². The summed E-state index contributed by atoms with van der Waals surface area (Å²) in [5.41, 5.74) is -1.02. The summed E-state index contributed by atoms with van der Waals surface area (Å²) in [5.74, 6) is -1.41. The van der Waals surface area contributed by atoms with E-state index in [-0.39, 0.29) is 18.6 Å². The number of para-hydroxylation sites is 1. The molecular formula is C28H33F6NO4. The fourth-order valence-corrected chi connectivity index (χ4v) is 3.08. The maximum absolute atomic E-state index is 13.1. The molecule has 0 saturated heterocycles. The Morgan fingerprint density at radius 2 is 1.41 bits per heavy atom. The number of halogens is 6. The van der Waals surface area contributed by atoms with Gasteiger partial charge in [0.05, 0.1) is 13.0 Å². The molecule has 0 aliphatic heterocycles. The maximum atomic E-state index is 13.1. The first kappa shape index (κ1) is 33.5. The SMILES string of the molecule is CNC(=O)/C(C(=O)OC(C)(C)C)=C(\CC(F)(F)F)c1ccc(C)cc1.FC(F)(F)CCCOc1ccccc1. The first-order valence-electron chi connectivity index (χ1n) is 12.0. The van der Waals surface area contributed by atoms with Gasteiger partial charge >= 0.3 is 18.3 Å². The van der Waals surface area contributed by atoms with Crippen LogP contribution in [0.3, 0.4) is 0 Å². The highest BCUT2D eigenvalue weighted by Crippen LogP contribution is 2.34. The fourth-order valence-electron chi connectivity index (χ4n) is 3.08. The lowest BCUT2D eigenvalue weighted by atomic mass is 9.95. The molecule has 11 heteroatoms. The van der Waals surface area contributed by atoms with Gasteiger partial charge in [0.2, 0.25) is 0 Å². The quantitative estimate of drug-likeness (QED) is 0.0925. The first-order chi connectivity index (χ1) is 17.9. The van der Waals surface area contributed by atoms with Crippen molar-refractivity contribution in [1.82, 2.24) is 5.32 Å². The molecule has 1 N–H and O–H groups in total. The monoisotopic (exact) mass is 561 g/mol. The van der Waals surface area contributed by atoms with Crippen LogP contribution in [0.1, 0.15) is 51.2 Å². The third kappa shape index (κ3) is 14.3. The minimum absolute atomic E-state index is 0.00159. The van der Waals surface area contributed by atoms with Crippen molar-refractivity contribution >= 4 is 17.4 Å². The molecule has 0 bridgehead atoms. The van der Waals surface area contributed by atoms with E-state index >= 15 is 0 Å². The van der Waals surface area contributed by atoms with E-state index in [1.54, 1.807) is 64.1 Å². The minimum Gasteiger partial charge on any atom is -0.494 e. The second kappa shape index (κ2) is 14.6. The van der Waals surface area contributed by atoms with E-state index in [1.807, 2.05) is 6.07 Å². The van der Waals surface area contributed by atoms with Crippen molar-refractivity contribution in [2.75, 3.05) is 13.7 Å². The number of hydrogen-bond acceptors (Lipinski definition) is 4. The van der Waals surface area contributed by atoms with E-state index < -0.39 is 53.8 Å².